The zero-order valence-electron chi connectivity index (χ0n) is 21.4. The zero-order valence-corrected chi connectivity index (χ0v) is 21.4. The van der Waals surface area contributed by atoms with Crippen molar-refractivity contribution in [2.24, 2.45) is 5.92 Å². The number of aryl methyl sites for hydroxylation is 1. The third kappa shape index (κ3) is 10.2. The van der Waals surface area contributed by atoms with Crippen molar-refractivity contribution in [1.29, 1.82) is 0 Å². The number of methoxy groups -OCH3 is 1. The largest absolute Gasteiger partial charge is 0.469 e. The molecule has 0 spiro atoms. The van der Waals surface area contributed by atoms with Gasteiger partial charge in [-0.3, -0.25) is 9.59 Å². The molecule has 7 heteroatoms. The van der Waals surface area contributed by atoms with Crippen LogP contribution in [0.4, 0.5) is 8.78 Å². The minimum absolute atomic E-state index is 0.104. The van der Waals surface area contributed by atoms with Crippen LogP contribution in [-0.4, -0.2) is 53.6 Å². The second kappa shape index (κ2) is 15.2. The molecule has 3 atom stereocenters. The van der Waals surface area contributed by atoms with Crippen LogP contribution in [0.2, 0.25) is 0 Å². The van der Waals surface area contributed by atoms with Gasteiger partial charge in [-0.2, -0.15) is 8.78 Å². The first-order valence-corrected chi connectivity index (χ1v) is 13.2. The van der Waals surface area contributed by atoms with E-state index in [0.29, 0.717) is 38.6 Å². The van der Waals surface area contributed by atoms with E-state index >= 15 is 0 Å². The molecule has 1 aliphatic heterocycles. The van der Waals surface area contributed by atoms with Crippen molar-refractivity contribution in [3.8, 4) is 0 Å². The molecule has 35 heavy (non-hydrogen) atoms. The normalized spacial score (nSPS) is 19.1. The van der Waals surface area contributed by atoms with Gasteiger partial charge in [-0.1, -0.05) is 62.9 Å². The number of carbonyl (C=O) groups excluding carboxylic acids is 2. The van der Waals surface area contributed by atoms with Crippen molar-refractivity contribution in [2.45, 2.75) is 108 Å². The van der Waals surface area contributed by atoms with E-state index in [0.717, 1.165) is 44.9 Å². The van der Waals surface area contributed by atoms with E-state index in [4.69, 9.17) is 0 Å². The van der Waals surface area contributed by atoms with Gasteiger partial charge >= 0.3 is 11.9 Å². The number of aliphatic hydroxyl groups excluding tert-OH is 1. The van der Waals surface area contributed by atoms with E-state index in [-0.39, 0.29) is 11.9 Å². The van der Waals surface area contributed by atoms with Gasteiger partial charge in [0.25, 0.3) is 5.91 Å². The molecule has 1 saturated heterocycles. The predicted octanol–water partition coefficient (Wildman–Crippen LogP) is 5.93. The number of rotatable bonds is 17. The van der Waals surface area contributed by atoms with Gasteiger partial charge in [0, 0.05) is 25.4 Å². The lowest BCUT2D eigenvalue weighted by atomic mass is 9.92. The highest BCUT2D eigenvalue weighted by molar-refractivity contribution is 5.86. The van der Waals surface area contributed by atoms with Crippen LogP contribution in [0.25, 0.3) is 0 Å². The lowest BCUT2D eigenvalue weighted by Gasteiger charge is -2.26. The highest BCUT2D eigenvalue weighted by Gasteiger charge is 2.52. The number of hydrogen-bond donors (Lipinski definition) is 1. The molecule has 1 heterocycles. The zero-order chi connectivity index (χ0) is 25.7. The van der Waals surface area contributed by atoms with E-state index < -0.39 is 30.4 Å². The fourth-order valence-electron chi connectivity index (χ4n) is 4.88. The smallest absolute Gasteiger partial charge is 0.326 e. The van der Waals surface area contributed by atoms with Crippen molar-refractivity contribution in [2.75, 3.05) is 13.7 Å². The number of unbranched alkanes of at least 4 members (excludes halogenated alkanes) is 5. The van der Waals surface area contributed by atoms with Crippen LogP contribution in [0.1, 0.15) is 89.5 Å². The van der Waals surface area contributed by atoms with Crippen LogP contribution < -0.4 is 0 Å². The summed E-state index contributed by atoms with van der Waals surface area (Å²) in [5.74, 6) is -4.55. The molecule has 1 amide bonds. The molecule has 0 aliphatic carbocycles. The summed E-state index contributed by atoms with van der Waals surface area (Å²) in [5.41, 5.74) is 1.34. The Labute approximate surface area is 209 Å². The molecule has 0 bridgehead atoms. The van der Waals surface area contributed by atoms with Gasteiger partial charge in [0.2, 0.25) is 0 Å². The Balaban J connectivity index is 1.67. The second-order valence-electron chi connectivity index (χ2n) is 10.0. The molecular formula is C28H43F2NO4. The number of esters is 1. The molecule has 1 fully saturated rings. The quantitative estimate of drug-likeness (QED) is 0.215. The number of halogens is 2. The first-order valence-electron chi connectivity index (χ1n) is 13.2. The molecule has 0 saturated carbocycles. The van der Waals surface area contributed by atoms with E-state index in [2.05, 4.69) is 29.0 Å². The van der Waals surface area contributed by atoms with Gasteiger partial charge in [-0.15, -0.1) is 0 Å². The average molecular weight is 496 g/mol. The molecule has 0 aromatic heterocycles. The predicted molar refractivity (Wildman–Crippen MR) is 133 cm³/mol. The van der Waals surface area contributed by atoms with Gasteiger partial charge in [-0.25, -0.2) is 0 Å². The summed E-state index contributed by atoms with van der Waals surface area (Å²) in [7, 11) is 1.35. The number of amides is 1. The summed E-state index contributed by atoms with van der Waals surface area (Å²) in [5, 5.41) is 10.6. The van der Waals surface area contributed by atoms with Gasteiger partial charge in [-0.05, 0) is 56.4 Å². The monoisotopic (exact) mass is 495 g/mol. The summed E-state index contributed by atoms with van der Waals surface area (Å²) in [4.78, 5) is 24.7. The average Bonchev–Trinajstić information content (AvgIpc) is 3.07. The molecule has 5 nitrogen and oxygen atoms in total. The fourth-order valence-corrected chi connectivity index (χ4v) is 4.88. The molecule has 198 valence electrons. The maximum atomic E-state index is 14.1. The fraction of sp³-hybridized carbons (Fsp3) is 0.714. The Morgan fingerprint density at radius 2 is 1.77 bits per heavy atom. The third-order valence-corrected chi connectivity index (χ3v) is 7.18. The van der Waals surface area contributed by atoms with Crippen LogP contribution in [-0.2, 0) is 20.7 Å². The number of carbonyl (C=O) groups is 2. The van der Waals surface area contributed by atoms with E-state index in [1.54, 1.807) is 0 Å². The highest BCUT2D eigenvalue weighted by atomic mass is 19.3. The maximum Gasteiger partial charge on any atom is 0.326 e. The Morgan fingerprint density at radius 1 is 1.09 bits per heavy atom. The van der Waals surface area contributed by atoms with Gasteiger partial charge in [0.05, 0.1) is 13.2 Å². The van der Waals surface area contributed by atoms with Crippen LogP contribution in [0.3, 0.4) is 0 Å². The SMILES string of the molecule is COC(=O)CCCCCCN1C(=O)C(F)(F)CC1CC[C@@H](O)[C@@H](C)CCCCCc1ccccc1. The number of alkyl halides is 2. The molecule has 1 N–H and O–H groups in total. The van der Waals surface area contributed by atoms with Crippen LogP contribution in [0.5, 0.6) is 0 Å². The number of likely N-dealkylation sites (tertiary alicyclic amines) is 1. The van der Waals surface area contributed by atoms with Crippen molar-refractivity contribution in [3.63, 3.8) is 0 Å². The first kappa shape index (κ1) is 29.2. The molecular weight excluding hydrogens is 452 g/mol. The number of nitrogens with zero attached hydrogens (tertiary/aromatic N) is 1. The minimum atomic E-state index is -3.31. The molecule has 2 rings (SSSR count). The first-order chi connectivity index (χ1) is 16.7. The Bertz CT molecular complexity index is 759. The maximum absolute atomic E-state index is 14.1. The van der Waals surface area contributed by atoms with Gasteiger partial charge in [0.1, 0.15) is 0 Å². The number of ether oxygens (including phenoxy) is 1. The molecule has 1 unspecified atom stereocenters. The van der Waals surface area contributed by atoms with Gasteiger partial charge in [0.15, 0.2) is 0 Å². The number of benzene rings is 1. The molecule has 0 radical (unpaired) electrons. The molecule has 1 aromatic carbocycles. The van der Waals surface area contributed by atoms with E-state index in [1.807, 2.05) is 13.0 Å². The number of aliphatic hydroxyl groups is 1. The summed E-state index contributed by atoms with van der Waals surface area (Å²) < 4.78 is 32.9. The lowest BCUT2D eigenvalue weighted by Crippen LogP contribution is -2.37. The summed E-state index contributed by atoms with van der Waals surface area (Å²) >= 11 is 0. The highest BCUT2D eigenvalue weighted by Crippen LogP contribution is 2.36. The second-order valence-corrected chi connectivity index (χ2v) is 10.0. The Kier molecular flexibility index (Phi) is 12.7. The summed E-state index contributed by atoms with van der Waals surface area (Å²) in [6, 6.07) is 9.87. The van der Waals surface area contributed by atoms with E-state index in [1.165, 1.54) is 17.6 Å². The van der Waals surface area contributed by atoms with Crippen molar-refractivity contribution >= 4 is 11.9 Å². The molecule has 1 aliphatic rings. The van der Waals surface area contributed by atoms with Crippen molar-refractivity contribution in [1.82, 2.24) is 4.90 Å². The van der Waals surface area contributed by atoms with Gasteiger partial charge < -0.3 is 14.7 Å². The van der Waals surface area contributed by atoms with Crippen LogP contribution in [0, 0.1) is 5.92 Å². The Hall–Kier alpha value is -2.02. The topological polar surface area (TPSA) is 66.8 Å². The van der Waals surface area contributed by atoms with Crippen molar-refractivity contribution in [3.05, 3.63) is 35.9 Å². The minimum Gasteiger partial charge on any atom is -0.469 e. The lowest BCUT2D eigenvalue weighted by molar-refractivity contribution is -0.148. The third-order valence-electron chi connectivity index (χ3n) is 7.18. The van der Waals surface area contributed by atoms with Crippen LogP contribution >= 0.6 is 0 Å². The summed E-state index contributed by atoms with van der Waals surface area (Å²) in [6.45, 7) is 2.31. The summed E-state index contributed by atoms with van der Waals surface area (Å²) in [6.07, 6.45) is 8.25. The van der Waals surface area contributed by atoms with E-state index in [9.17, 15) is 23.5 Å². The number of hydrogen-bond acceptors (Lipinski definition) is 4. The molecule has 1 aromatic rings. The standard InChI is InChI=1S/C28H43F2NO4/c1-22(13-7-5-8-14-23-15-9-6-10-16-23)25(32)19-18-24-21-28(29,30)27(34)31(24)20-12-4-3-11-17-26(33)35-2/h6,9-10,15-16,22,24-25,32H,3-5,7-8,11-14,17-21H2,1-2H3/t22-,24?,25+/m0/s1. The Morgan fingerprint density at radius 3 is 2.49 bits per heavy atom. The van der Waals surface area contributed by atoms with Crippen LogP contribution in [0.15, 0.2) is 30.3 Å². The van der Waals surface area contributed by atoms with Crippen molar-refractivity contribution < 1.29 is 28.2 Å².